The van der Waals surface area contributed by atoms with Crippen LogP contribution in [-0.2, 0) is 14.4 Å². The number of ether oxygens (including phenoxy) is 2. The van der Waals surface area contributed by atoms with Crippen molar-refractivity contribution >= 4 is 35.3 Å². The van der Waals surface area contributed by atoms with E-state index in [0.717, 1.165) is 16.7 Å². The highest BCUT2D eigenvalue weighted by Gasteiger charge is 2.13. The Kier molecular flexibility index (Phi) is 8.77. The summed E-state index contributed by atoms with van der Waals surface area (Å²) in [7, 11) is 1.47. The Morgan fingerprint density at radius 2 is 1.47 bits per heavy atom. The van der Waals surface area contributed by atoms with Crippen molar-refractivity contribution in [3.63, 3.8) is 0 Å². The van der Waals surface area contributed by atoms with E-state index in [4.69, 9.17) is 9.47 Å². The number of hydrazone groups is 1. The number of carbonyl (C=O) groups excluding carboxylic acids is 3. The van der Waals surface area contributed by atoms with Crippen LogP contribution in [-0.4, -0.2) is 37.7 Å². The maximum atomic E-state index is 12.3. The summed E-state index contributed by atoms with van der Waals surface area (Å²) < 4.78 is 11.0. The van der Waals surface area contributed by atoms with Gasteiger partial charge in [0.25, 0.3) is 5.91 Å². The van der Waals surface area contributed by atoms with E-state index in [9.17, 15) is 14.4 Å². The number of nitrogens with one attached hydrogen (secondary N) is 3. The van der Waals surface area contributed by atoms with Crippen molar-refractivity contribution in [2.75, 3.05) is 24.4 Å². The van der Waals surface area contributed by atoms with Gasteiger partial charge in [-0.3, -0.25) is 14.4 Å². The summed E-state index contributed by atoms with van der Waals surface area (Å²) in [4.78, 5) is 36.3. The first-order chi connectivity index (χ1) is 17.2. The average Bonchev–Trinajstić information content (AvgIpc) is 2.83. The average molecular weight is 489 g/mol. The topological polar surface area (TPSA) is 118 Å². The molecular weight excluding hydrogens is 460 g/mol. The van der Waals surface area contributed by atoms with E-state index in [1.54, 1.807) is 30.3 Å². The Hall–Kier alpha value is -4.66. The van der Waals surface area contributed by atoms with E-state index in [1.165, 1.54) is 13.3 Å². The third-order valence-electron chi connectivity index (χ3n) is 4.95. The molecule has 0 aliphatic rings. The highest BCUT2D eigenvalue weighted by molar-refractivity contribution is 6.39. The number of amides is 3. The predicted octanol–water partition coefficient (Wildman–Crippen LogP) is 3.73. The fraction of sp³-hybridized carbons (Fsp3) is 0.185. The second kappa shape index (κ2) is 12.2. The molecule has 0 saturated carbocycles. The van der Waals surface area contributed by atoms with E-state index in [2.05, 4.69) is 21.2 Å². The van der Waals surface area contributed by atoms with Gasteiger partial charge in [0, 0.05) is 11.4 Å². The molecule has 0 bridgehead atoms. The van der Waals surface area contributed by atoms with E-state index >= 15 is 0 Å². The molecule has 3 amide bonds. The molecule has 0 aliphatic heterocycles. The molecule has 36 heavy (non-hydrogen) atoms. The lowest BCUT2D eigenvalue weighted by Gasteiger charge is -2.12. The van der Waals surface area contributed by atoms with Crippen molar-refractivity contribution in [3.05, 3.63) is 82.9 Å². The zero-order chi connectivity index (χ0) is 26.1. The van der Waals surface area contributed by atoms with Gasteiger partial charge >= 0.3 is 11.8 Å². The molecule has 186 valence electrons. The van der Waals surface area contributed by atoms with Gasteiger partial charge in [-0.25, -0.2) is 5.43 Å². The number of hydrogen-bond acceptors (Lipinski definition) is 6. The normalized spacial score (nSPS) is 10.6. The standard InChI is InChI=1S/C27H28N4O5/c1-17-5-8-21(9-6-17)30-26(33)27(34)31-28-15-20-7-10-23(24(14-20)35-4)36-16-25(32)29-22-12-18(2)11-19(3)13-22/h5-15H,16H2,1-4H3,(H,29,32)(H,30,33)(H,31,34)/b28-15-. The third kappa shape index (κ3) is 7.69. The lowest BCUT2D eigenvalue weighted by molar-refractivity contribution is -0.136. The van der Waals surface area contributed by atoms with Crippen molar-refractivity contribution < 1.29 is 23.9 Å². The van der Waals surface area contributed by atoms with Gasteiger partial charge in [0.15, 0.2) is 18.1 Å². The Morgan fingerprint density at radius 1 is 0.778 bits per heavy atom. The molecule has 9 nitrogen and oxygen atoms in total. The molecule has 0 saturated heterocycles. The van der Waals surface area contributed by atoms with Crippen LogP contribution in [0.4, 0.5) is 11.4 Å². The van der Waals surface area contributed by atoms with Crippen LogP contribution in [0.2, 0.25) is 0 Å². The van der Waals surface area contributed by atoms with Crippen LogP contribution in [0.25, 0.3) is 0 Å². The third-order valence-corrected chi connectivity index (χ3v) is 4.95. The van der Waals surface area contributed by atoms with Crippen LogP contribution < -0.4 is 25.5 Å². The highest BCUT2D eigenvalue weighted by atomic mass is 16.5. The minimum atomic E-state index is -0.909. The number of aryl methyl sites for hydroxylation is 3. The second-order valence-electron chi connectivity index (χ2n) is 8.14. The summed E-state index contributed by atoms with van der Waals surface area (Å²) in [6.07, 6.45) is 1.36. The van der Waals surface area contributed by atoms with Gasteiger partial charge in [-0.1, -0.05) is 23.8 Å². The predicted molar refractivity (Wildman–Crippen MR) is 139 cm³/mol. The molecule has 3 rings (SSSR count). The molecule has 3 N–H and O–H groups in total. The zero-order valence-electron chi connectivity index (χ0n) is 20.5. The molecule has 0 aromatic heterocycles. The summed E-state index contributed by atoms with van der Waals surface area (Å²) in [5, 5.41) is 9.11. The van der Waals surface area contributed by atoms with Gasteiger partial charge in [0.2, 0.25) is 0 Å². The lowest BCUT2D eigenvalue weighted by Crippen LogP contribution is -2.32. The Balaban J connectivity index is 1.53. The number of carbonyl (C=O) groups is 3. The largest absolute Gasteiger partial charge is 0.493 e. The minimum Gasteiger partial charge on any atom is -0.493 e. The van der Waals surface area contributed by atoms with Crippen LogP contribution in [0.15, 0.2) is 65.8 Å². The monoisotopic (exact) mass is 488 g/mol. The molecule has 0 atom stereocenters. The van der Waals surface area contributed by atoms with Gasteiger partial charge in [0.1, 0.15) is 0 Å². The Bertz CT molecular complexity index is 1270. The zero-order valence-corrected chi connectivity index (χ0v) is 20.5. The number of anilines is 2. The van der Waals surface area contributed by atoms with Crippen LogP contribution in [0.3, 0.4) is 0 Å². The molecule has 0 unspecified atom stereocenters. The smallest absolute Gasteiger partial charge is 0.329 e. The van der Waals surface area contributed by atoms with Crippen LogP contribution in [0, 0.1) is 20.8 Å². The summed E-state index contributed by atoms with van der Waals surface area (Å²) in [6, 6.07) is 17.7. The molecule has 0 spiro atoms. The first-order valence-electron chi connectivity index (χ1n) is 11.1. The van der Waals surface area contributed by atoms with Crippen LogP contribution in [0.5, 0.6) is 11.5 Å². The van der Waals surface area contributed by atoms with E-state index in [-0.39, 0.29) is 12.5 Å². The molecular formula is C27H28N4O5. The first-order valence-corrected chi connectivity index (χ1v) is 11.1. The summed E-state index contributed by atoms with van der Waals surface area (Å²) in [5.74, 6) is -1.31. The molecule has 3 aromatic rings. The van der Waals surface area contributed by atoms with E-state index in [0.29, 0.717) is 28.4 Å². The molecule has 3 aromatic carbocycles. The number of methoxy groups -OCH3 is 1. The summed E-state index contributed by atoms with van der Waals surface area (Å²) in [5.41, 5.74) is 7.11. The molecule has 0 heterocycles. The quantitative estimate of drug-likeness (QED) is 0.254. The molecule has 0 fully saturated rings. The number of hydrogen-bond donors (Lipinski definition) is 3. The van der Waals surface area contributed by atoms with Gasteiger partial charge in [-0.05, 0) is 79.9 Å². The molecule has 9 heteroatoms. The SMILES string of the molecule is COc1cc(/C=N\NC(=O)C(=O)Nc2ccc(C)cc2)ccc1OCC(=O)Nc1cc(C)cc(C)c1. The second-order valence-corrected chi connectivity index (χ2v) is 8.14. The highest BCUT2D eigenvalue weighted by Crippen LogP contribution is 2.27. The molecule has 0 aliphatic carbocycles. The number of rotatable bonds is 8. The fourth-order valence-corrected chi connectivity index (χ4v) is 3.31. The summed E-state index contributed by atoms with van der Waals surface area (Å²) in [6.45, 7) is 5.63. The lowest BCUT2D eigenvalue weighted by atomic mass is 10.1. The number of benzene rings is 3. The van der Waals surface area contributed by atoms with Gasteiger partial charge in [-0.15, -0.1) is 0 Å². The summed E-state index contributed by atoms with van der Waals surface area (Å²) >= 11 is 0. The van der Waals surface area contributed by atoms with Crippen LogP contribution in [0.1, 0.15) is 22.3 Å². The maximum absolute atomic E-state index is 12.3. The van der Waals surface area contributed by atoms with Gasteiger partial charge in [-0.2, -0.15) is 5.10 Å². The fourth-order valence-electron chi connectivity index (χ4n) is 3.31. The van der Waals surface area contributed by atoms with Gasteiger partial charge in [0.05, 0.1) is 13.3 Å². The van der Waals surface area contributed by atoms with Crippen LogP contribution >= 0.6 is 0 Å². The van der Waals surface area contributed by atoms with E-state index < -0.39 is 11.8 Å². The van der Waals surface area contributed by atoms with Gasteiger partial charge < -0.3 is 20.1 Å². The van der Waals surface area contributed by atoms with Crippen molar-refractivity contribution in [1.29, 1.82) is 0 Å². The maximum Gasteiger partial charge on any atom is 0.329 e. The van der Waals surface area contributed by atoms with Crippen molar-refractivity contribution in [2.45, 2.75) is 20.8 Å². The molecule has 0 radical (unpaired) electrons. The van der Waals surface area contributed by atoms with E-state index in [1.807, 2.05) is 51.1 Å². The van der Waals surface area contributed by atoms with Crippen molar-refractivity contribution in [2.24, 2.45) is 5.10 Å². The minimum absolute atomic E-state index is 0.205. The van der Waals surface area contributed by atoms with Crippen molar-refractivity contribution in [1.82, 2.24) is 5.43 Å². The first kappa shape index (κ1) is 26.0. The Labute approximate surface area is 209 Å². The number of nitrogens with zero attached hydrogens (tertiary/aromatic N) is 1. The van der Waals surface area contributed by atoms with Crippen molar-refractivity contribution in [3.8, 4) is 11.5 Å². The Morgan fingerprint density at radius 3 is 2.14 bits per heavy atom.